The Hall–Kier alpha value is -2.73. The van der Waals surface area contributed by atoms with Crippen LogP contribution in [0.3, 0.4) is 0 Å². The Morgan fingerprint density at radius 2 is 1.68 bits per heavy atom. The van der Waals surface area contributed by atoms with Crippen LogP contribution in [0.4, 0.5) is 17.1 Å². The summed E-state index contributed by atoms with van der Waals surface area (Å²) >= 11 is 6.29. The van der Waals surface area contributed by atoms with Crippen molar-refractivity contribution in [3.63, 3.8) is 0 Å². The van der Waals surface area contributed by atoms with Gasteiger partial charge in [-0.3, -0.25) is 4.79 Å². The molecule has 0 saturated carbocycles. The molecule has 7 heteroatoms. The van der Waals surface area contributed by atoms with E-state index < -0.39 is 5.97 Å². The Kier molecular flexibility index (Phi) is 6.09. The fourth-order valence-electron chi connectivity index (χ4n) is 3.21. The Bertz CT molecular complexity index is 877. The molecule has 28 heavy (non-hydrogen) atoms. The highest BCUT2D eigenvalue weighted by Gasteiger charge is 2.21. The van der Waals surface area contributed by atoms with E-state index in [1.807, 2.05) is 30.3 Å². The Morgan fingerprint density at radius 1 is 1.04 bits per heavy atom. The van der Waals surface area contributed by atoms with Crippen LogP contribution in [0.25, 0.3) is 0 Å². The first-order valence-electron chi connectivity index (χ1n) is 9.29. The second kappa shape index (κ2) is 8.52. The number of nitrogens with zero attached hydrogens (tertiary/aromatic N) is 2. The molecule has 1 heterocycles. The van der Waals surface area contributed by atoms with E-state index in [0.29, 0.717) is 5.69 Å². The fourth-order valence-corrected chi connectivity index (χ4v) is 3.46. The minimum absolute atomic E-state index is 0.0973. The van der Waals surface area contributed by atoms with Crippen molar-refractivity contribution in [1.29, 1.82) is 0 Å². The van der Waals surface area contributed by atoms with Crippen molar-refractivity contribution in [1.82, 2.24) is 0 Å². The predicted molar refractivity (Wildman–Crippen MR) is 113 cm³/mol. The molecule has 6 nitrogen and oxygen atoms in total. The molecule has 0 bridgehead atoms. The molecular weight excluding hydrogens is 378 g/mol. The summed E-state index contributed by atoms with van der Waals surface area (Å²) in [5.41, 5.74) is 2.27. The highest BCUT2D eigenvalue weighted by atomic mass is 35.5. The molecule has 1 aliphatic rings. The molecule has 0 unspecified atom stereocenters. The molecule has 2 aromatic rings. The third kappa shape index (κ3) is 4.39. The van der Waals surface area contributed by atoms with Crippen LogP contribution in [-0.2, 0) is 4.79 Å². The lowest BCUT2D eigenvalue weighted by atomic mass is 10.1. The lowest BCUT2D eigenvalue weighted by Gasteiger charge is -2.37. The number of aromatic carboxylic acids is 1. The van der Waals surface area contributed by atoms with Gasteiger partial charge in [-0.25, -0.2) is 4.79 Å². The molecule has 0 aliphatic carbocycles. The van der Waals surface area contributed by atoms with Gasteiger partial charge in [0.1, 0.15) is 0 Å². The topological polar surface area (TPSA) is 72.9 Å². The number of carbonyl (C=O) groups excluding carboxylic acids is 1. The van der Waals surface area contributed by atoms with E-state index in [4.69, 9.17) is 11.6 Å². The van der Waals surface area contributed by atoms with E-state index in [9.17, 15) is 14.7 Å². The number of piperazine rings is 1. The van der Waals surface area contributed by atoms with E-state index in [2.05, 4.69) is 15.1 Å². The lowest BCUT2D eigenvalue weighted by molar-refractivity contribution is -0.118. The molecule has 2 aromatic carbocycles. The number of carboxylic acid groups (broad SMARTS) is 1. The summed E-state index contributed by atoms with van der Waals surface area (Å²) in [7, 11) is 0. The molecule has 0 atom stereocenters. The molecule has 1 amide bonds. The molecule has 1 aliphatic heterocycles. The number of nitrogens with one attached hydrogen (secondary N) is 1. The van der Waals surface area contributed by atoms with Crippen molar-refractivity contribution < 1.29 is 14.7 Å². The SMILES string of the molecule is CC(C)C(=O)Nc1ccc(N2CCN(c3ccccc3Cl)CC2)cc1C(=O)O. The summed E-state index contributed by atoms with van der Waals surface area (Å²) in [6.45, 7) is 6.62. The number of halogens is 1. The normalized spacial score (nSPS) is 14.3. The molecule has 0 radical (unpaired) electrons. The highest BCUT2D eigenvalue weighted by molar-refractivity contribution is 6.33. The van der Waals surface area contributed by atoms with Gasteiger partial charge < -0.3 is 20.2 Å². The third-order valence-corrected chi connectivity index (χ3v) is 5.17. The summed E-state index contributed by atoms with van der Waals surface area (Å²) in [6.07, 6.45) is 0. The van der Waals surface area contributed by atoms with Gasteiger partial charge in [0.15, 0.2) is 0 Å². The van der Waals surface area contributed by atoms with Crippen molar-refractivity contribution in [2.75, 3.05) is 41.3 Å². The smallest absolute Gasteiger partial charge is 0.337 e. The largest absolute Gasteiger partial charge is 0.478 e. The Morgan fingerprint density at radius 3 is 2.29 bits per heavy atom. The van der Waals surface area contributed by atoms with E-state index in [-0.39, 0.29) is 17.4 Å². The van der Waals surface area contributed by atoms with Crippen molar-refractivity contribution in [3.05, 3.63) is 53.1 Å². The van der Waals surface area contributed by atoms with Crippen LogP contribution in [0.1, 0.15) is 24.2 Å². The van der Waals surface area contributed by atoms with Crippen molar-refractivity contribution in [2.45, 2.75) is 13.8 Å². The lowest BCUT2D eigenvalue weighted by Crippen LogP contribution is -2.46. The monoisotopic (exact) mass is 401 g/mol. The van der Waals surface area contributed by atoms with Gasteiger partial charge in [0.2, 0.25) is 5.91 Å². The molecular formula is C21H24ClN3O3. The van der Waals surface area contributed by atoms with E-state index in [0.717, 1.165) is 42.6 Å². The fraction of sp³-hybridized carbons (Fsp3) is 0.333. The van der Waals surface area contributed by atoms with Crippen LogP contribution < -0.4 is 15.1 Å². The van der Waals surface area contributed by atoms with E-state index >= 15 is 0 Å². The molecule has 1 saturated heterocycles. The van der Waals surface area contributed by atoms with Crippen LogP contribution in [0.2, 0.25) is 5.02 Å². The number of para-hydroxylation sites is 1. The van der Waals surface area contributed by atoms with Gasteiger partial charge in [0, 0.05) is 37.8 Å². The van der Waals surface area contributed by atoms with Crippen LogP contribution >= 0.6 is 11.6 Å². The van der Waals surface area contributed by atoms with Crippen molar-refractivity contribution in [3.8, 4) is 0 Å². The molecule has 0 aromatic heterocycles. The zero-order valence-corrected chi connectivity index (χ0v) is 16.7. The number of anilines is 3. The van der Waals surface area contributed by atoms with Gasteiger partial charge in [-0.2, -0.15) is 0 Å². The summed E-state index contributed by atoms with van der Waals surface area (Å²) in [5, 5.41) is 13.0. The maximum Gasteiger partial charge on any atom is 0.337 e. The predicted octanol–water partition coefficient (Wildman–Crippen LogP) is 3.96. The quantitative estimate of drug-likeness (QED) is 0.793. The molecule has 2 N–H and O–H groups in total. The van der Waals surface area contributed by atoms with Gasteiger partial charge in [-0.05, 0) is 30.3 Å². The van der Waals surface area contributed by atoms with Gasteiger partial charge in [0.25, 0.3) is 0 Å². The van der Waals surface area contributed by atoms with E-state index in [1.165, 1.54) is 0 Å². The zero-order chi connectivity index (χ0) is 20.3. The molecule has 0 spiro atoms. The second-order valence-corrected chi connectivity index (χ2v) is 7.51. The summed E-state index contributed by atoms with van der Waals surface area (Å²) in [5.74, 6) is -1.49. The first-order valence-corrected chi connectivity index (χ1v) is 9.67. The number of benzene rings is 2. The summed E-state index contributed by atoms with van der Waals surface area (Å²) in [4.78, 5) is 28.0. The second-order valence-electron chi connectivity index (χ2n) is 7.10. The Balaban J connectivity index is 1.74. The van der Waals surface area contributed by atoms with Crippen LogP contribution in [0.5, 0.6) is 0 Å². The van der Waals surface area contributed by atoms with Gasteiger partial charge in [-0.1, -0.05) is 37.6 Å². The summed E-state index contributed by atoms with van der Waals surface area (Å²) < 4.78 is 0. The number of carboxylic acids is 1. The average Bonchev–Trinajstić information content (AvgIpc) is 2.68. The maximum atomic E-state index is 11.9. The molecule has 148 valence electrons. The first kappa shape index (κ1) is 20.0. The van der Waals surface area contributed by atoms with Crippen LogP contribution in [0, 0.1) is 5.92 Å². The summed E-state index contributed by atoms with van der Waals surface area (Å²) in [6, 6.07) is 12.9. The maximum absolute atomic E-state index is 11.9. The standard InChI is InChI=1S/C21H24ClN3O3/c1-14(2)20(26)23-18-8-7-15(13-16(18)21(27)28)24-9-11-25(12-10-24)19-6-4-3-5-17(19)22/h3-8,13-14H,9-12H2,1-2H3,(H,23,26)(H,27,28). The average molecular weight is 402 g/mol. The van der Waals surface area contributed by atoms with Crippen LogP contribution in [0.15, 0.2) is 42.5 Å². The minimum atomic E-state index is -1.06. The van der Waals surface area contributed by atoms with Crippen molar-refractivity contribution in [2.24, 2.45) is 5.92 Å². The molecule has 3 rings (SSSR count). The number of rotatable bonds is 5. The Labute approximate surface area is 169 Å². The highest BCUT2D eigenvalue weighted by Crippen LogP contribution is 2.29. The van der Waals surface area contributed by atoms with Gasteiger partial charge >= 0.3 is 5.97 Å². The van der Waals surface area contributed by atoms with Gasteiger partial charge in [0.05, 0.1) is 22.0 Å². The third-order valence-electron chi connectivity index (χ3n) is 4.85. The van der Waals surface area contributed by atoms with Gasteiger partial charge in [-0.15, -0.1) is 0 Å². The van der Waals surface area contributed by atoms with Crippen LogP contribution in [-0.4, -0.2) is 43.2 Å². The zero-order valence-electron chi connectivity index (χ0n) is 16.0. The number of hydrogen-bond donors (Lipinski definition) is 2. The minimum Gasteiger partial charge on any atom is -0.478 e. The molecule has 1 fully saturated rings. The van der Waals surface area contributed by atoms with Crippen molar-refractivity contribution >= 4 is 40.5 Å². The number of amides is 1. The van der Waals surface area contributed by atoms with E-state index in [1.54, 1.807) is 26.0 Å². The number of hydrogen-bond acceptors (Lipinski definition) is 4. The first-order chi connectivity index (χ1) is 13.4. The number of carbonyl (C=O) groups is 2.